The highest BCUT2D eigenvalue weighted by molar-refractivity contribution is 5.61. The number of anilines is 1. The number of rotatable bonds is 5. The van der Waals surface area contributed by atoms with Crippen LogP contribution in [0.15, 0.2) is 30.5 Å². The molecule has 0 bridgehead atoms. The maximum Gasteiger partial charge on any atom is 0.143 e. The second-order valence-corrected chi connectivity index (χ2v) is 7.51. The topological polar surface area (TPSA) is 56.1 Å². The molecule has 0 amide bonds. The average Bonchev–Trinajstić information content (AvgIpc) is 2.87. The molecule has 1 saturated heterocycles. The lowest BCUT2D eigenvalue weighted by Gasteiger charge is -2.25. The molecule has 0 saturated carbocycles. The summed E-state index contributed by atoms with van der Waals surface area (Å²) in [7, 11) is 0. The van der Waals surface area contributed by atoms with Crippen LogP contribution in [-0.4, -0.2) is 41.3 Å². The molecule has 1 fully saturated rings. The molecule has 0 aliphatic carbocycles. The molecule has 1 aliphatic rings. The Morgan fingerprint density at radius 3 is 2.78 bits per heavy atom. The molecule has 1 aliphatic heterocycles. The lowest BCUT2D eigenvalue weighted by Crippen LogP contribution is -2.31. The monoisotopic (exact) mass is 367 g/mol. The molecule has 2 heterocycles. The Bertz CT molecular complexity index is 800. The van der Waals surface area contributed by atoms with E-state index in [1.807, 2.05) is 18.2 Å². The predicted octanol–water partition coefficient (Wildman–Crippen LogP) is 3.40. The van der Waals surface area contributed by atoms with E-state index in [4.69, 9.17) is 0 Å². The summed E-state index contributed by atoms with van der Waals surface area (Å²) in [6.45, 7) is 8.36. The van der Waals surface area contributed by atoms with Gasteiger partial charge in [-0.3, -0.25) is 4.90 Å². The summed E-state index contributed by atoms with van der Waals surface area (Å²) in [5, 5.41) is 17.6. The highest BCUT2D eigenvalue weighted by Gasteiger charge is 2.21. The Morgan fingerprint density at radius 2 is 2.07 bits per heavy atom. The van der Waals surface area contributed by atoms with Crippen molar-refractivity contribution in [2.45, 2.75) is 33.2 Å². The van der Waals surface area contributed by atoms with E-state index in [0.29, 0.717) is 5.92 Å². The lowest BCUT2D eigenvalue weighted by molar-refractivity contribution is 0.281. The van der Waals surface area contributed by atoms with E-state index in [1.165, 1.54) is 6.07 Å². The zero-order valence-electron chi connectivity index (χ0n) is 16.0. The molecule has 1 aromatic carbocycles. The van der Waals surface area contributed by atoms with Crippen molar-refractivity contribution >= 4 is 5.69 Å². The summed E-state index contributed by atoms with van der Waals surface area (Å²) >= 11 is 0. The van der Waals surface area contributed by atoms with Gasteiger partial charge in [0.2, 0.25) is 0 Å². The van der Waals surface area contributed by atoms with E-state index in [2.05, 4.69) is 39.9 Å². The van der Waals surface area contributed by atoms with E-state index in [-0.39, 0.29) is 5.56 Å². The molecular formula is C21H26FN5. The minimum absolute atomic E-state index is 0.157. The highest BCUT2D eigenvalue weighted by atomic mass is 19.1. The SMILES string of the molecule is CC(C)Cc1cc(F)c(C#N)c(N2CCCN(Cc3cccnn3)CC2)c1. The number of benzene rings is 1. The first kappa shape index (κ1) is 19.2. The highest BCUT2D eigenvalue weighted by Crippen LogP contribution is 2.27. The van der Waals surface area contributed by atoms with Gasteiger partial charge in [0.15, 0.2) is 0 Å². The first-order valence-corrected chi connectivity index (χ1v) is 9.53. The second kappa shape index (κ2) is 8.92. The Labute approximate surface area is 160 Å². The van der Waals surface area contributed by atoms with Gasteiger partial charge in [0.1, 0.15) is 17.4 Å². The maximum absolute atomic E-state index is 14.5. The number of hydrogen-bond donors (Lipinski definition) is 0. The minimum atomic E-state index is -0.411. The summed E-state index contributed by atoms with van der Waals surface area (Å²) in [5.74, 6) is 0.0307. The molecule has 1 aromatic heterocycles. The molecule has 0 spiro atoms. The summed E-state index contributed by atoms with van der Waals surface area (Å²) in [4.78, 5) is 4.49. The summed E-state index contributed by atoms with van der Waals surface area (Å²) in [6, 6.07) is 9.46. The Hall–Kier alpha value is -2.52. The maximum atomic E-state index is 14.5. The number of aromatic nitrogens is 2. The van der Waals surface area contributed by atoms with Crippen molar-refractivity contribution in [3.05, 3.63) is 53.1 Å². The van der Waals surface area contributed by atoms with Crippen molar-refractivity contribution in [2.24, 2.45) is 5.92 Å². The lowest BCUT2D eigenvalue weighted by atomic mass is 9.99. The fourth-order valence-corrected chi connectivity index (χ4v) is 3.61. The van der Waals surface area contributed by atoms with Crippen molar-refractivity contribution in [1.29, 1.82) is 5.26 Å². The largest absolute Gasteiger partial charge is 0.369 e. The zero-order chi connectivity index (χ0) is 19.2. The zero-order valence-corrected chi connectivity index (χ0v) is 16.0. The van der Waals surface area contributed by atoms with Gasteiger partial charge in [0.25, 0.3) is 0 Å². The third-order valence-electron chi connectivity index (χ3n) is 4.83. The summed E-state index contributed by atoms with van der Waals surface area (Å²) < 4.78 is 14.5. The van der Waals surface area contributed by atoms with E-state index < -0.39 is 5.82 Å². The smallest absolute Gasteiger partial charge is 0.143 e. The van der Waals surface area contributed by atoms with Crippen LogP contribution in [0.4, 0.5) is 10.1 Å². The summed E-state index contributed by atoms with van der Waals surface area (Å²) in [6.07, 6.45) is 3.44. The van der Waals surface area contributed by atoms with Crippen LogP contribution in [0.3, 0.4) is 0 Å². The molecule has 142 valence electrons. The Kier molecular flexibility index (Phi) is 6.36. The molecule has 0 atom stereocenters. The average molecular weight is 367 g/mol. The Morgan fingerprint density at radius 1 is 1.22 bits per heavy atom. The molecule has 5 nitrogen and oxygen atoms in total. The van der Waals surface area contributed by atoms with Gasteiger partial charge in [0, 0.05) is 38.9 Å². The normalized spacial score (nSPS) is 15.6. The molecule has 0 N–H and O–H groups in total. The minimum Gasteiger partial charge on any atom is -0.369 e. The van der Waals surface area contributed by atoms with Gasteiger partial charge in [-0.15, -0.1) is 0 Å². The molecule has 3 rings (SSSR count). The third kappa shape index (κ3) is 5.01. The van der Waals surface area contributed by atoms with E-state index in [1.54, 1.807) is 6.20 Å². The second-order valence-electron chi connectivity index (χ2n) is 7.51. The van der Waals surface area contributed by atoms with Gasteiger partial charge in [-0.05, 0) is 48.6 Å². The predicted molar refractivity (Wildman–Crippen MR) is 104 cm³/mol. The van der Waals surface area contributed by atoms with Crippen molar-refractivity contribution in [1.82, 2.24) is 15.1 Å². The van der Waals surface area contributed by atoms with Crippen LogP contribution in [0.1, 0.15) is 37.1 Å². The van der Waals surface area contributed by atoms with Gasteiger partial charge in [-0.2, -0.15) is 15.5 Å². The molecule has 6 heteroatoms. The molecular weight excluding hydrogens is 341 g/mol. The van der Waals surface area contributed by atoms with Crippen molar-refractivity contribution < 1.29 is 4.39 Å². The van der Waals surface area contributed by atoms with Crippen molar-refractivity contribution in [2.75, 3.05) is 31.1 Å². The number of nitrogens with zero attached hydrogens (tertiary/aromatic N) is 5. The van der Waals surface area contributed by atoms with Crippen molar-refractivity contribution in [3.8, 4) is 6.07 Å². The molecule has 0 unspecified atom stereocenters. The number of hydrogen-bond acceptors (Lipinski definition) is 5. The van der Waals surface area contributed by atoms with Crippen LogP contribution in [0.25, 0.3) is 0 Å². The van der Waals surface area contributed by atoms with Gasteiger partial charge in [-0.1, -0.05) is 13.8 Å². The quantitative estimate of drug-likeness (QED) is 0.811. The van der Waals surface area contributed by atoms with Crippen LogP contribution in [0.5, 0.6) is 0 Å². The molecule has 27 heavy (non-hydrogen) atoms. The van der Waals surface area contributed by atoms with E-state index >= 15 is 0 Å². The van der Waals surface area contributed by atoms with Gasteiger partial charge in [0.05, 0.1) is 11.4 Å². The summed E-state index contributed by atoms with van der Waals surface area (Å²) in [5.41, 5.74) is 2.80. The number of halogens is 1. The fraction of sp³-hybridized carbons (Fsp3) is 0.476. The van der Waals surface area contributed by atoms with E-state index in [9.17, 15) is 9.65 Å². The van der Waals surface area contributed by atoms with Crippen molar-refractivity contribution in [3.63, 3.8) is 0 Å². The Balaban J connectivity index is 1.76. The molecule has 2 aromatic rings. The standard InChI is InChI=1S/C21H26FN5/c1-16(2)11-17-12-20(22)19(14-23)21(13-17)27-8-4-7-26(9-10-27)15-18-5-3-6-24-25-18/h3,5-6,12-13,16H,4,7-11,15H2,1-2H3. The van der Waals surface area contributed by atoms with Crippen LogP contribution in [-0.2, 0) is 13.0 Å². The van der Waals surface area contributed by atoms with Crippen LogP contribution in [0.2, 0.25) is 0 Å². The van der Waals surface area contributed by atoms with Crippen LogP contribution < -0.4 is 4.90 Å². The van der Waals surface area contributed by atoms with Gasteiger partial charge >= 0.3 is 0 Å². The van der Waals surface area contributed by atoms with Gasteiger partial charge in [-0.25, -0.2) is 4.39 Å². The van der Waals surface area contributed by atoms with Crippen LogP contribution in [0, 0.1) is 23.1 Å². The third-order valence-corrected chi connectivity index (χ3v) is 4.83. The number of nitriles is 1. The van der Waals surface area contributed by atoms with E-state index in [0.717, 1.165) is 62.5 Å². The fourth-order valence-electron chi connectivity index (χ4n) is 3.61. The first-order chi connectivity index (χ1) is 13.1. The first-order valence-electron chi connectivity index (χ1n) is 9.53. The van der Waals surface area contributed by atoms with Crippen LogP contribution >= 0.6 is 0 Å². The van der Waals surface area contributed by atoms with Gasteiger partial charge < -0.3 is 4.90 Å². The molecule has 0 radical (unpaired) electrons.